The largest absolute Gasteiger partial charge is 0.0916 e. The number of hydrogen-bond acceptors (Lipinski definition) is 0. The normalized spacial score (nSPS) is 17.9. The molecular formula is C6H7I. The summed E-state index contributed by atoms with van der Waals surface area (Å²) in [4.78, 5) is 0. The molecule has 0 aromatic carbocycles. The summed E-state index contributed by atoms with van der Waals surface area (Å²) in [6, 6.07) is 0. The van der Waals surface area contributed by atoms with Gasteiger partial charge in [0.2, 0.25) is 0 Å². The second-order valence-electron chi connectivity index (χ2n) is 1.92. The first kappa shape index (κ1) is 5.43. The number of hydrogen-bond donors (Lipinski definition) is 0. The molecule has 0 heterocycles. The van der Waals surface area contributed by atoms with Gasteiger partial charge in [0, 0.05) is 29.0 Å². The van der Waals surface area contributed by atoms with Crippen molar-refractivity contribution in [2.75, 3.05) is 0 Å². The molecule has 0 saturated heterocycles. The molecule has 1 aliphatic carbocycles. The van der Waals surface area contributed by atoms with Crippen molar-refractivity contribution in [1.29, 1.82) is 0 Å². The van der Waals surface area contributed by atoms with Gasteiger partial charge in [0.05, 0.1) is 0 Å². The first-order chi connectivity index (χ1) is 3.43. The van der Waals surface area contributed by atoms with Gasteiger partial charge in [-0.15, -0.1) is 0 Å². The van der Waals surface area contributed by atoms with E-state index in [1.807, 2.05) is 0 Å². The van der Waals surface area contributed by atoms with Crippen LogP contribution in [0.4, 0.5) is 0 Å². The zero-order chi connectivity index (χ0) is 5.11. The van der Waals surface area contributed by atoms with Crippen LogP contribution in [-0.4, -0.2) is 0 Å². The van der Waals surface area contributed by atoms with E-state index in [-0.39, 0.29) is 0 Å². The Labute approximate surface area is 57.8 Å². The van der Waals surface area contributed by atoms with Crippen molar-refractivity contribution < 1.29 is 0 Å². The summed E-state index contributed by atoms with van der Waals surface area (Å²) in [5, 5.41) is 0. The molecule has 38 valence electrons. The Hall–Kier alpha value is 0.290. The van der Waals surface area contributed by atoms with E-state index >= 15 is 0 Å². The van der Waals surface area contributed by atoms with E-state index < -0.39 is 0 Å². The highest BCUT2D eigenvalue weighted by Gasteiger charge is 2.18. The summed E-state index contributed by atoms with van der Waals surface area (Å²) in [5.41, 5.74) is 0. The molecule has 1 rings (SSSR count). The maximum Gasteiger partial charge on any atom is 0.0181 e. The van der Waals surface area contributed by atoms with Gasteiger partial charge in [0.1, 0.15) is 0 Å². The third-order valence-electron chi connectivity index (χ3n) is 1.15. The third kappa shape index (κ3) is 2.18. The molecule has 0 amide bonds. The van der Waals surface area contributed by atoms with Crippen LogP contribution in [0.25, 0.3) is 0 Å². The van der Waals surface area contributed by atoms with E-state index in [0.717, 1.165) is 12.3 Å². The van der Waals surface area contributed by atoms with Gasteiger partial charge in [0.25, 0.3) is 0 Å². The average molecular weight is 206 g/mol. The van der Waals surface area contributed by atoms with Crippen molar-refractivity contribution in [3.8, 4) is 9.85 Å². The molecule has 0 aromatic rings. The molecule has 0 aliphatic heterocycles. The zero-order valence-corrected chi connectivity index (χ0v) is 6.23. The van der Waals surface area contributed by atoms with Crippen LogP contribution in [0.2, 0.25) is 0 Å². The molecule has 0 bridgehead atoms. The Morgan fingerprint density at radius 1 is 1.57 bits per heavy atom. The van der Waals surface area contributed by atoms with Crippen LogP contribution >= 0.6 is 22.6 Å². The van der Waals surface area contributed by atoms with Crippen molar-refractivity contribution in [2.45, 2.75) is 19.3 Å². The highest BCUT2D eigenvalue weighted by atomic mass is 127. The van der Waals surface area contributed by atoms with Gasteiger partial charge in [-0.2, -0.15) is 0 Å². The molecule has 0 N–H and O–H groups in total. The lowest BCUT2D eigenvalue weighted by atomic mass is 10.3. The topological polar surface area (TPSA) is 0 Å². The molecule has 0 aromatic heterocycles. The minimum atomic E-state index is 0.974. The predicted molar refractivity (Wildman–Crippen MR) is 39.1 cm³/mol. The fraction of sp³-hybridized carbons (Fsp3) is 0.667. The van der Waals surface area contributed by atoms with Crippen molar-refractivity contribution in [1.82, 2.24) is 0 Å². The van der Waals surface area contributed by atoms with Gasteiger partial charge in [-0.1, -0.05) is 5.92 Å². The van der Waals surface area contributed by atoms with Gasteiger partial charge >= 0.3 is 0 Å². The lowest BCUT2D eigenvalue weighted by Gasteiger charge is -1.75. The minimum absolute atomic E-state index is 0.974. The van der Waals surface area contributed by atoms with Crippen molar-refractivity contribution in [3.05, 3.63) is 0 Å². The lowest BCUT2D eigenvalue weighted by Crippen LogP contribution is -1.65. The van der Waals surface area contributed by atoms with Gasteiger partial charge < -0.3 is 0 Å². The van der Waals surface area contributed by atoms with Gasteiger partial charge in [-0.25, -0.2) is 0 Å². The second-order valence-corrected chi connectivity index (χ2v) is 2.46. The lowest BCUT2D eigenvalue weighted by molar-refractivity contribution is 0.885. The smallest absolute Gasteiger partial charge is 0.0181 e. The summed E-state index contributed by atoms with van der Waals surface area (Å²) < 4.78 is 2.86. The average Bonchev–Trinajstić information content (AvgIpc) is 2.42. The maximum atomic E-state index is 3.05. The van der Waals surface area contributed by atoms with Gasteiger partial charge in [0.15, 0.2) is 0 Å². The Kier molecular flexibility index (Phi) is 1.99. The Morgan fingerprint density at radius 3 is 2.71 bits per heavy atom. The van der Waals surface area contributed by atoms with Gasteiger partial charge in [-0.3, -0.25) is 0 Å². The van der Waals surface area contributed by atoms with Crippen LogP contribution in [-0.2, 0) is 0 Å². The SMILES string of the molecule is IC#CCC1CC1. The van der Waals surface area contributed by atoms with Crippen molar-refractivity contribution in [2.24, 2.45) is 5.92 Å². The Balaban J connectivity index is 2.05. The number of rotatable bonds is 1. The fourth-order valence-corrected chi connectivity index (χ4v) is 0.725. The van der Waals surface area contributed by atoms with E-state index in [4.69, 9.17) is 0 Å². The van der Waals surface area contributed by atoms with Crippen LogP contribution in [0.15, 0.2) is 0 Å². The molecule has 1 saturated carbocycles. The summed E-state index contributed by atoms with van der Waals surface area (Å²) in [7, 11) is 0. The summed E-state index contributed by atoms with van der Waals surface area (Å²) in [6.07, 6.45) is 3.99. The summed E-state index contributed by atoms with van der Waals surface area (Å²) in [5.74, 6) is 4.02. The second kappa shape index (κ2) is 2.56. The van der Waals surface area contributed by atoms with Crippen LogP contribution in [0.5, 0.6) is 0 Å². The Morgan fingerprint density at radius 2 is 2.29 bits per heavy atom. The minimum Gasteiger partial charge on any atom is -0.0916 e. The molecule has 1 heteroatoms. The molecule has 0 radical (unpaired) electrons. The molecular weight excluding hydrogens is 199 g/mol. The van der Waals surface area contributed by atoms with E-state index in [9.17, 15) is 0 Å². The molecule has 0 atom stereocenters. The molecule has 0 nitrogen and oxygen atoms in total. The first-order valence-electron chi connectivity index (χ1n) is 2.52. The third-order valence-corrected chi connectivity index (χ3v) is 1.54. The van der Waals surface area contributed by atoms with Crippen molar-refractivity contribution in [3.63, 3.8) is 0 Å². The number of halogens is 1. The zero-order valence-electron chi connectivity index (χ0n) is 4.08. The van der Waals surface area contributed by atoms with E-state index in [0.29, 0.717) is 0 Å². The fourth-order valence-electron chi connectivity index (χ4n) is 0.505. The monoisotopic (exact) mass is 206 g/mol. The van der Waals surface area contributed by atoms with Crippen LogP contribution < -0.4 is 0 Å². The van der Waals surface area contributed by atoms with E-state index in [1.165, 1.54) is 12.8 Å². The van der Waals surface area contributed by atoms with Gasteiger partial charge in [-0.05, 0) is 22.7 Å². The molecule has 0 unspecified atom stereocenters. The maximum absolute atomic E-state index is 3.05. The molecule has 7 heavy (non-hydrogen) atoms. The highest BCUT2D eigenvalue weighted by Crippen LogP contribution is 2.31. The predicted octanol–water partition coefficient (Wildman–Crippen LogP) is 2.18. The highest BCUT2D eigenvalue weighted by molar-refractivity contribution is 14.1. The van der Waals surface area contributed by atoms with E-state index in [1.54, 1.807) is 0 Å². The quantitative estimate of drug-likeness (QED) is 0.455. The van der Waals surface area contributed by atoms with E-state index in [2.05, 4.69) is 32.4 Å². The van der Waals surface area contributed by atoms with Crippen LogP contribution in [0.3, 0.4) is 0 Å². The van der Waals surface area contributed by atoms with Crippen LogP contribution in [0, 0.1) is 15.8 Å². The first-order valence-corrected chi connectivity index (χ1v) is 3.60. The summed E-state index contributed by atoms with van der Waals surface area (Å²) in [6.45, 7) is 0. The molecule has 0 spiro atoms. The molecule has 1 aliphatic rings. The Bertz CT molecular complexity index is 103. The molecule has 1 fully saturated rings. The van der Waals surface area contributed by atoms with Crippen molar-refractivity contribution >= 4 is 22.6 Å². The standard InChI is InChI=1S/C6H7I/c7-5-1-2-6-3-4-6/h6H,2-4H2. The summed E-state index contributed by atoms with van der Waals surface area (Å²) >= 11 is 2.09. The van der Waals surface area contributed by atoms with Crippen LogP contribution in [0.1, 0.15) is 19.3 Å².